The quantitative estimate of drug-likeness (QED) is 0.825. The smallest absolute Gasteiger partial charge is 0.416 e. The Bertz CT molecular complexity index is 424. The molecule has 2 atom stereocenters. The molecule has 2 fully saturated rings. The van der Waals surface area contributed by atoms with Gasteiger partial charge in [0.15, 0.2) is 0 Å². The van der Waals surface area contributed by atoms with Crippen LogP contribution in [-0.4, -0.2) is 56.3 Å². The topological polar surface area (TPSA) is 66.8 Å². The fraction of sp³-hybridized carbons (Fsp3) is 0.867. The highest BCUT2D eigenvalue weighted by atomic mass is 32.2. The summed E-state index contributed by atoms with van der Waals surface area (Å²) >= 11 is 3.69. The van der Waals surface area contributed by atoms with Crippen molar-refractivity contribution >= 4 is 35.5 Å². The van der Waals surface area contributed by atoms with Crippen LogP contribution >= 0.6 is 23.5 Å². The Morgan fingerprint density at radius 1 is 1.45 bits per heavy atom. The number of aliphatic hydroxyl groups is 1. The average molecular weight is 348 g/mol. The van der Waals surface area contributed by atoms with E-state index >= 15 is 0 Å². The van der Waals surface area contributed by atoms with Gasteiger partial charge in [-0.3, -0.25) is 4.79 Å². The van der Waals surface area contributed by atoms with E-state index in [-0.39, 0.29) is 35.0 Å². The van der Waals surface area contributed by atoms with Crippen LogP contribution in [0.4, 0.5) is 4.79 Å². The zero-order valence-electron chi connectivity index (χ0n) is 13.4. The van der Waals surface area contributed by atoms with Crippen molar-refractivity contribution in [2.24, 2.45) is 5.92 Å². The summed E-state index contributed by atoms with van der Waals surface area (Å²) in [5, 5.41) is 10.3. The number of hydrogen-bond donors (Lipinski definition) is 1. The summed E-state index contributed by atoms with van der Waals surface area (Å²) < 4.78 is 4.95. The summed E-state index contributed by atoms with van der Waals surface area (Å²) in [6.07, 6.45) is 0.425. The molecular weight excluding hydrogens is 322 g/mol. The number of cyclic esters (lactones) is 1. The second-order valence-corrected chi connectivity index (χ2v) is 9.85. The number of ether oxygens (including phenoxy) is 1. The first-order chi connectivity index (χ1) is 10.3. The Morgan fingerprint density at radius 2 is 2.09 bits per heavy atom. The van der Waals surface area contributed by atoms with Crippen LogP contribution in [0.15, 0.2) is 0 Å². The van der Waals surface area contributed by atoms with Crippen molar-refractivity contribution in [3.63, 3.8) is 0 Å². The van der Waals surface area contributed by atoms with Crippen LogP contribution in [0.2, 0.25) is 0 Å². The largest absolute Gasteiger partial charge is 0.447 e. The van der Waals surface area contributed by atoms with Gasteiger partial charge in [0.2, 0.25) is 5.91 Å². The van der Waals surface area contributed by atoms with Crippen molar-refractivity contribution in [3.8, 4) is 0 Å². The third-order valence-corrected chi connectivity index (χ3v) is 7.31. The molecule has 0 aromatic heterocycles. The summed E-state index contributed by atoms with van der Waals surface area (Å²) in [5.41, 5.74) is 0. The van der Waals surface area contributed by atoms with Gasteiger partial charge in [0, 0.05) is 0 Å². The number of amides is 2. The normalized spacial score (nSPS) is 26.1. The van der Waals surface area contributed by atoms with Gasteiger partial charge in [-0.25, -0.2) is 9.69 Å². The first kappa shape index (κ1) is 17.9. The molecule has 2 saturated heterocycles. The maximum absolute atomic E-state index is 12.4. The van der Waals surface area contributed by atoms with Crippen LogP contribution in [0.25, 0.3) is 0 Å². The van der Waals surface area contributed by atoms with Gasteiger partial charge < -0.3 is 9.84 Å². The Hall–Kier alpha value is -0.400. The lowest BCUT2D eigenvalue weighted by Gasteiger charge is -2.34. The number of hydrogen-bond acceptors (Lipinski definition) is 6. The third kappa shape index (κ3) is 4.32. The molecule has 0 aromatic rings. The molecule has 0 radical (unpaired) electrons. The van der Waals surface area contributed by atoms with Crippen molar-refractivity contribution in [1.29, 1.82) is 0 Å². The predicted octanol–water partition coefficient (Wildman–Crippen LogP) is 2.72. The zero-order valence-corrected chi connectivity index (χ0v) is 15.0. The van der Waals surface area contributed by atoms with Gasteiger partial charge in [0.05, 0.1) is 22.6 Å². The van der Waals surface area contributed by atoms with Crippen LogP contribution in [-0.2, 0) is 9.53 Å². The molecule has 0 unspecified atom stereocenters. The zero-order chi connectivity index (χ0) is 16.3. The molecular formula is C15H25NO4S2. The first-order valence-electron chi connectivity index (χ1n) is 7.77. The van der Waals surface area contributed by atoms with E-state index in [1.807, 2.05) is 37.4 Å². The molecule has 5 nitrogen and oxygen atoms in total. The van der Waals surface area contributed by atoms with Gasteiger partial charge in [-0.05, 0) is 37.2 Å². The van der Waals surface area contributed by atoms with E-state index in [9.17, 15) is 14.7 Å². The standard InChI is InChI=1S/C15H25NO4S2/c1-10(2)12-9-20-14(19)16(12)13(18)7-11(17)8-15(3)21-5-4-6-22-15/h10-12,17H,4-9H2,1-3H3/t11-,12+/m0/s1. The van der Waals surface area contributed by atoms with Crippen LogP contribution in [0.1, 0.15) is 40.0 Å². The van der Waals surface area contributed by atoms with Gasteiger partial charge in [0.1, 0.15) is 6.61 Å². The molecule has 7 heteroatoms. The minimum absolute atomic E-state index is 0.0188. The van der Waals surface area contributed by atoms with Crippen LogP contribution in [0.3, 0.4) is 0 Å². The van der Waals surface area contributed by atoms with E-state index in [0.29, 0.717) is 6.42 Å². The lowest BCUT2D eigenvalue weighted by Crippen LogP contribution is -2.43. The number of carbonyl (C=O) groups excluding carboxylic acids is 2. The van der Waals surface area contributed by atoms with Gasteiger partial charge in [-0.1, -0.05) is 13.8 Å². The Labute approximate surface area is 140 Å². The number of imide groups is 1. The number of nitrogens with zero attached hydrogens (tertiary/aromatic N) is 1. The van der Waals surface area contributed by atoms with Gasteiger partial charge in [-0.2, -0.15) is 0 Å². The van der Waals surface area contributed by atoms with E-state index in [1.54, 1.807) is 0 Å². The lowest BCUT2D eigenvalue weighted by molar-refractivity contribution is -0.131. The predicted molar refractivity (Wildman–Crippen MR) is 90.0 cm³/mol. The number of aliphatic hydroxyl groups excluding tert-OH is 1. The third-order valence-electron chi connectivity index (χ3n) is 4.06. The molecule has 2 rings (SSSR count). The van der Waals surface area contributed by atoms with Gasteiger partial charge in [0.25, 0.3) is 0 Å². The maximum atomic E-state index is 12.4. The molecule has 1 N–H and O–H groups in total. The van der Waals surface area contributed by atoms with Crippen molar-refractivity contribution in [2.45, 2.75) is 56.3 Å². The highest BCUT2D eigenvalue weighted by Crippen LogP contribution is 2.45. The lowest BCUT2D eigenvalue weighted by atomic mass is 10.0. The molecule has 22 heavy (non-hydrogen) atoms. The van der Waals surface area contributed by atoms with Crippen LogP contribution < -0.4 is 0 Å². The first-order valence-corrected chi connectivity index (χ1v) is 9.74. The second kappa shape index (κ2) is 7.45. The highest BCUT2D eigenvalue weighted by Gasteiger charge is 2.40. The van der Waals surface area contributed by atoms with Gasteiger partial charge in [-0.15, -0.1) is 23.5 Å². The molecule has 2 heterocycles. The number of thioether (sulfide) groups is 2. The molecule has 2 aliphatic heterocycles. The Kier molecular flexibility index (Phi) is 6.07. The summed E-state index contributed by atoms with van der Waals surface area (Å²) in [7, 11) is 0. The molecule has 126 valence electrons. The van der Waals surface area contributed by atoms with E-state index in [4.69, 9.17) is 4.74 Å². The molecule has 2 amide bonds. The van der Waals surface area contributed by atoms with Crippen molar-refractivity contribution in [3.05, 3.63) is 0 Å². The molecule has 0 saturated carbocycles. The molecule has 0 spiro atoms. The maximum Gasteiger partial charge on any atom is 0.416 e. The molecule has 0 aliphatic carbocycles. The van der Waals surface area contributed by atoms with Crippen LogP contribution in [0, 0.1) is 5.92 Å². The summed E-state index contributed by atoms with van der Waals surface area (Å²) in [6, 6.07) is -0.221. The average Bonchev–Trinajstić information content (AvgIpc) is 2.80. The van der Waals surface area contributed by atoms with E-state index in [2.05, 4.69) is 6.92 Å². The minimum Gasteiger partial charge on any atom is -0.447 e. The number of carbonyl (C=O) groups is 2. The highest BCUT2D eigenvalue weighted by molar-refractivity contribution is 8.18. The fourth-order valence-corrected chi connectivity index (χ4v) is 5.89. The van der Waals surface area contributed by atoms with Crippen molar-refractivity contribution in [1.82, 2.24) is 4.90 Å². The van der Waals surface area contributed by atoms with Crippen LogP contribution in [0.5, 0.6) is 0 Å². The minimum atomic E-state index is -0.725. The van der Waals surface area contributed by atoms with Crippen molar-refractivity contribution in [2.75, 3.05) is 18.1 Å². The summed E-state index contributed by atoms with van der Waals surface area (Å²) in [4.78, 5) is 25.3. The summed E-state index contributed by atoms with van der Waals surface area (Å²) in [5.74, 6) is 2.01. The SMILES string of the molecule is CC(C)[C@H]1COC(=O)N1C(=O)C[C@H](O)CC1(C)SCCCS1. The molecule has 0 bridgehead atoms. The number of rotatable bonds is 5. The Balaban J connectivity index is 1.91. The van der Waals surface area contributed by atoms with E-state index in [0.717, 1.165) is 11.5 Å². The Morgan fingerprint density at radius 3 is 2.68 bits per heavy atom. The monoisotopic (exact) mass is 347 g/mol. The van der Waals surface area contributed by atoms with E-state index < -0.39 is 12.2 Å². The van der Waals surface area contributed by atoms with Crippen molar-refractivity contribution < 1.29 is 19.4 Å². The van der Waals surface area contributed by atoms with Gasteiger partial charge >= 0.3 is 6.09 Å². The summed E-state index contributed by atoms with van der Waals surface area (Å²) in [6.45, 7) is 6.29. The second-order valence-electron chi connectivity index (χ2n) is 6.40. The fourth-order valence-electron chi connectivity index (χ4n) is 2.81. The molecule has 2 aliphatic rings. The van der Waals surface area contributed by atoms with E-state index in [1.165, 1.54) is 11.3 Å². The molecule has 0 aromatic carbocycles.